The van der Waals surface area contributed by atoms with Gasteiger partial charge in [0.2, 0.25) is 0 Å². The highest BCUT2D eigenvalue weighted by Gasteiger charge is 2.31. The van der Waals surface area contributed by atoms with E-state index in [-0.39, 0.29) is 0 Å². The number of ether oxygens (including phenoxy) is 1. The fraction of sp³-hybridized carbons (Fsp3) is 0.643. The van der Waals surface area contributed by atoms with Crippen molar-refractivity contribution in [2.24, 2.45) is 17.8 Å². The molecule has 29 heavy (non-hydrogen) atoms. The maximum Gasteiger partial charge on any atom is 0.0717 e. The molecule has 0 saturated heterocycles. The van der Waals surface area contributed by atoms with Gasteiger partial charge in [-0.1, -0.05) is 55.3 Å². The summed E-state index contributed by atoms with van der Waals surface area (Å²) in [5, 5.41) is 0. The summed E-state index contributed by atoms with van der Waals surface area (Å²) in [5.74, 6) is 3.79. The summed E-state index contributed by atoms with van der Waals surface area (Å²) in [7, 11) is 0. The first-order chi connectivity index (χ1) is 14.3. The highest BCUT2D eigenvalue weighted by atomic mass is 16.5. The van der Waals surface area contributed by atoms with Crippen molar-refractivity contribution in [1.29, 1.82) is 0 Å². The molecule has 0 spiro atoms. The van der Waals surface area contributed by atoms with Gasteiger partial charge in [0.05, 0.1) is 13.2 Å². The van der Waals surface area contributed by atoms with Crippen LogP contribution in [-0.2, 0) is 11.3 Å². The molecule has 2 aliphatic rings. The van der Waals surface area contributed by atoms with Crippen molar-refractivity contribution in [3.63, 3.8) is 0 Å². The Labute approximate surface area is 179 Å². The summed E-state index contributed by atoms with van der Waals surface area (Å²) >= 11 is 0. The van der Waals surface area contributed by atoms with E-state index in [1.54, 1.807) is 5.56 Å². The van der Waals surface area contributed by atoms with Gasteiger partial charge in [-0.05, 0) is 99.5 Å². The van der Waals surface area contributed by atoms with Gasteiger partial charge in [0.25, 0.3) is 0 Å². The Hall–Kier alpha value is -1.34. The SMILES string of the molecule is C=CCCOCc1ccc([C@H]2CC[C@H]([C@H]3CC[C@H](CCC=CC)CC3)CC2)cc1. The van der Waals surface area contributed by atoms with E-state index in [0.29, 0.717) is 0 Å². The summed E-state index contributed by atoms with van der Waals surface area (Å²) in [6.07, 6.45) is 21.7. The molecule has 1 aromatic rings. The molecule has 2 aliphatic carbocycles. The van der Waals surface area contributed by atoms with Crippen LogP contribution in [0, 0.1) is 17.8 Å². The predicted molar refractivity (Wildman–Crippen MR) is 125 cm³/mol. The maximum absolute atomic E-state index is 5.69. The molecular formula is C28H42O. The second-order valence-electron chi connectivity index (χ2n) is 9.41. The molecule has 0 bridgehead atoms. The van der Waals surface area contributed by atoms with E-state index < -0.39 is 0 Å². The number of hydrogen-bond donors (Lipinski definition) is 0. The minimum atomic E-state index is 0.721. The molecule has 0 amide bonds. The smallest absolute Gasteiger partial charge is 0.0717 e. The first-order valence-electron chi connectivity index (χ1n) is 12.2. The third-order valence-electron chi connectivity index (χ3n) is 7.49. The molecule has 1 nitrogen and oxygen atoms in total. The highest BCUT2D eigenvalue weighted by molar-refractivity contribution is 5.25. The summed E-state index contributed by atoms with van der Waals surface area (Å²) in [4.78, 5) is 0. The second kappa shape index (κ2) is 12.4. The topological polar surface area (TPSA) is 9.23 Å². The molecule has 160 valence electrons. The largest absolute Gasteiger partial charge is 0.376 e. The number of allylic oxidation sites excluding steroid dienone is 2. The van der Waals surface area contributed by atoms with Gasteiger partial charge in [-0.25, -0.2) is 0 Å². The Balaban J connectivity index is 1.37. The van der Waals surface area contributed by atoms with Crippen LogP contribution in [0.15, 0.2) is 49.1 Å². The van der Waals surface area contributed by atoms with Crippen LogP contribution in [0.1, 0.15) is 94.6 Å². The molecule has 0 aliphatic heterocycles. The van der Waals surface area contributed by atoms with Crippen LogP contribution in [0.25, 0.3) is 0 Å². The Morgan fingerprint density at radius 2 is 1.55 bits per heavy atom. The van der Waals surface area contributed by atoms with Crippen molar-refractivity contribution < 1.29 is 4.74 Å². The van der Waals surface area contributed by atoms with E-state index in [4.69, 9.17) is 4.74 Å². The lowest BCUT2D eigenvalue weighted by Gasteiger charge is -2.38. The van der Waals surface area contributed by atoms with Gasteiger partial charge in [0.1, 0.15) is 0 Å². The molecule has 3 rings (SSSR count). The Morgan fingerprint density at radius 1 is 0.897 bits per heavy atom. The minimum absolute atomic E-state index is 0.721. The zero-order valence-electron chi connectivity index (χ0n) is 18.7. The van der Waals surface area contributed by atoms with E-state index in [1.807, 2.05) is 6.08 Å². The molecule has 0 radical (unpaired) electrons. The zero-order valence-corrected chi connectivity index (χ0v) is 18.7. The number of hydrogen-bond acceptors (Lipinski definition) is 1. The second-order valence-corrected chi connectivity index (χ2v) is 9.41. The number of benzene rings is 1. The van der Waals surface area contributed by atoms with Gasteiger partial charge in [-0.2, -0.15) is 0 Å². The van der Waals surface area contributed by atoms with Crippen molar-refractivity contribution in [1.82, 2.24) is 0 Å². The van der Waals surface area contributed by atoms with E-state index in [1.165, 1.54) is 69.8 Å². The summed E-state index contributed by atoms with van der Waals surface area (Å²) < 4.78 is 5.69. The van der Waals surface area contributed by atoms with Crippen LogP contribution in [0.5, 0.6) is 0 Å². The summed E-state index contributed by atoms with van der Waals surface area (Å²) in [6, 6.07) is 9.24. The van der Waals surface area contributed by atoms with Gasteiger partial charge < -0.3 is 4.74 Å². The van der Waals surface area contributed by atoms with Gasteiger partial charge in [-0.15, -0.1) is 6.58 Å². The van der Waals surface area contributed by atoms with Crippen LogP contribution < -0.4 is 0 Å². The summed E-state index contributed by atoms with van der Waals surface area (Å²) in [6.45, 7) is 7.37. The Morgan fingerprint density at radius 3 is 2.17 bits per heavy atom. The van der Waals surface area contributed by atoms with E-state index in [2.05, 4.69) is 49.9 Å². The maximum atomic E-state index is 5.69. The Bertz CT molecular complexity index is 598. The summed E-state index contributed by atoms with van der Waals surface area (Å²) in [5.41, 5.74) is 2.84. The van der Waals surface area contributed by atoms with Crippen molar-refractivity contribution in [3.05, 3.63) is 60.2 Å². The van der Waals surface area contributed by atoms with Crippen molar-refractivity contribution in [2.75, 3.05) is 6.61 Å². The van der Waals surface area contributed by atoms with Crippen molar-refractivity contribution in [2.45, 2.75) is 90.1 Å². The van der Waals surface area contributed by atoms with Crippen LogP contribution in [0.4, 0.5) is 0 Å². The first kappa shape index (κ1) is 22.3. The van der Waals surface area contributed by atoms with E-state index in [0.717, 1.165) is 43.3 Å². The monoisotopic (exact) mass is 394 g/mol. The van der Waals surface area contributed by atoms with Crippen LogP contribution in [-0.4, -0.2) is 6.61 Å². The fourth-order valence-corrected chi connectivity index (χ4v) is 5.61. The van der Waals surface area contributed by atoms with Gasteiger partial charge in [-0.3, -0.25) is 0 Å². The molecule has 0 N–H and O–H groups in total. The quantitative estimate of drug-likeness (QED) is 0.287. The lowest BCUT2D eigenvalue weighted by molar-refractivity contribution is 0.125. The standard InChI is InChI=1S/C28H42O/c1-3-5-7-8-23-9-13-25(14-10-23)27-17-19-28(20-18-27)26-15-11-24(12-16-26)22-29-21-6-4-2/h3-5,11-12,15-16,23,25,27-28H,2,6-10,13-14,17-22H2,1H3/t23-,25-,27-,28-. The third kappa shape index (κ3) is 7.14. The fourth-order valence-electron chi connectivity index (χ4n) is 5.61. The third-order valence-corrected chi connectivity index (χ3v) is 7.49. The molecule has 2 fully saturated rings. The first-order valence-corrected chi connectivity index (χ1v) is 12.2. The normalized spacial score (nSPS) is 27.9. The van der Waals surface area contributed by atoms with E-state index in [9.17, 15) is 0 Å². The average molecular weight is 395 g/mol. The molecule has 0 heterocycles. The zero-order chi connectivity index (χ0) is 20.3. The van der Waals surface area contributed by atoms with Gasteiger partial charge >= 0.3 is 0 Å². The molecule has 0 unspecified atom stereocenters. The van der Waals surface area contributed by atoms with Crippen LogP contribution >= 0.6 is 0 Å². The molecular weight excluding hydrogens is 352 g/mol. The number of rotatable bonds is 10. The predicted octanol–water partition coefficient (Wildman–Crippen LogP) is 8.22. The Kier molecular flexibility index (Phi) is 9.54. The molecule has 0 atom stereocenters. The van der Waals surface area contributed by atoms with Gasteiger partial charge in [0, 0.05) is 0 Å². The van der Waals surface area contributed by atoms with Crippen LogP contribution in [0.3, 0.4) is 0 Å². The minimum Gasteiger partial charge on any atom is -0.376 e. The van der Waals surface area contributed by atoms with Crippen LogP contribution in [0.2, 0.25) is 0 Å². The average Bonchev–Trinajstić information content (AvgIpc) is 2.78. The highest BCUT2D eigenvalue weighted by Crippen LogP contribution is 2.44. The van der Waals surface area contributed by atoms with Crippen molar-refractivity contribution >= 4 is 0 Å². The molecule has 0 aromatic heterocycles. The van der Waals surface area contributed by atoms with E-state index >= 15 is 0 Å². The lowest BCUT2D eigenvalue weighted by atomic mass is 9.68. The molecule has 1 heteroatoms. The van der Waals surface area contributed by atoms with Crippen molar-refractivity contribution in [3.8, 4) is 0 Å². The molecule has 1 aromatic carbocycles. The molecule has 2 saturated carbocycles. The van der Waals surface area contributed by atoms with Gasteiger partial charge in [0.15, 0.2) is 0 Å². The lowest BCUT2D eigenvalue weighted by Crippen LogP contribution is -2.25.